The SMILES string of the molecule is CC(C)c1cnc(-n2c3cc(Oc4ccc5c6ccccc6n(-c6cc(C(C)C)ccn6)c5c4)ccc3c3ccc(Oc4ccc5c6ccccc6n(-c6cc(C(C)C)ccn6)c5c4)cc32)nc1. The molecule has 0 spiro atoms. The molecular formula is C59H49N7O2. The van der Waals surface area contributed by atoms with E-state index in [4.69, 9.17) is 29.4 Å². The van der Waals surface area contributed by atoms with Crippen molar-refractivity contribution in [3.8, 4) is 40.6 Å². The summed E-state index contributed by atoms with van der Waals surface area (Å²) >= 11 is 0. The van der Waals surface area contributed by atoms with Crippen molar-refractivity contribution in [3.05, 3.63) is 187 Å². The summed E-state index contributed by atoms with van der Waals surface area (Å²) in [5.41, 5.74) is 9.62. The van der Waals surface area contributed by atoms with Crippen molar-refractivity contribution in [2.45, 2.75) is 59.3 Å². The molecule has 0 N–H and O–H groups in total. The molecule has 0 saturated heterocycles. The van der Waals surface area contributed by atoms with Crippen LogP contribution in [-0.4, -0.2) is 33.6 Å². The molecule has 6 aromatic heterocycles. The van der Waals surface area contributed by atoms with E-state index in [2.05, 4.69) is 177 Å². The average molecular weight is 888 g/mol. The van der Waals surface area contributed by atoms with E-state index in [1.807, 2.05) is 49.1 Å². The lowest BCUT2D eigenvalue weighted by molar-refractivity contribution is 0.484. The third kappa shape index (κ3) is 6.92. The van der Waals surface area contributed by atoms with E-state index in [0.29, 0.717) is 35.2 Å². The Morgan fingerprint density at radius 3 is 1.07 bits per heavy atom. The van der Waals surface area contributed by atoms with E-state index in [-0.39, 0.29) is 0 Å². The van der Waals surface area contributed by atoms with Crippen molar-refractivity contribution < 1.29 is 9.47 Å². The summed E-state index contributed by atoms with van der Waals surface area (Å²) in [6.07, 6.45) is 7.65. The topological polar surface area (TPSA) is 84.8 Å². The second-order valence-electron chi connectivity index (χ2n) is 18.6. The van der Waals surface area contributed by atoms with Crippen molar-refractivity contribution >= 4 is 65.4 Å². The van der Waals surface area contributed by atoms with Crippen molar-refractivity contribution in [2.75, 3.05) is 0 Å². The zero-order valence-electron chi connectivity index (χ0n) is 38.8. The van der Waals surface area contributed by atoms with Crippen molar-refractivity contribution in [2.24, 2.45) is 0 Å². The molecule has 332 valence electrons. The van der Waals surface area contributed by atoms with Gasteiger partial charge in [0.1, 0.15) is 34.6 Å². The van der Waals surface area contributed by atoms with E-state index in [1.54, 1.807) is 0 Å². The highest BCUT2D eigenvalue weighted by Gasteiger charge is 2.20. The van der Waals surface area contributed by atoms with E-state index < -0.39 is 0 Å². The minimum atomic E-state index is 0.291. The highest BCUT2D eigenvalue weighted by atomic mass is 16.5. The number of ether oxygens (including phenoxy) is 2. The molecule has 0 radical (unpaired) electrons. The first kappa shape index (κ1) is 41.2. The van der Waals surface area contributed by atoms with Crippen LogP contribution in [0.25, 0.3) is 83.0 Å². The molecule has 0 aliphatic carbocycles. The van der Waals surface area contributed by atoms with Gasteiger partial charge in [-0.1, -0.05) is 77.9 Å². The molecule has 0 saturated carbocycles. The molecule has 0 atom stereocenters. The summed E-state index contributed by atoms with van der Waals surface area (Å²) in [6.45, 7) is 13.1. The first-order valence-corrected chi connectivity index (χ1v) is 23.4. The minimum absolute atomic E-state index is 0.291. The molecule has 0 unspecified atom stereocenters. The summed E-state index contributed by atoms with van der Waals surface area (Å²) in [7, 11) is 0. The number of nitrogens with zero attached hydrogens (tertiary/aromatic N) is 7. The Kier molecular flexibility index (Phi) is 9.83. The Labute approximate surface area is 393 Å². The van der Waals surface area contributed by atoms with Crippen LogP contribution in [0.15, 0.2) is 170 Å². The van der Waals surface area contributed by atoms with E-state index in [9.17, 15) is 0 Å². The Bertz CT molecular complexity index is 3680. The predicted molar refractivity (Wildman–Crippen MR) is 276 cm³/mol. The zero-order valence-corrected chi connectivity index (χ0v) is 38.8. The first-order valence-electron chi connectivity index (χ1n) is 23.4. The largest absolute Gasteiger partial charge is 0.457 e. The quantitative estimate of drug-likeness (QED) is 0.136. The molecule has 0 fully saturated rings. The molecule has 6 aromatic carbocycles. The van der Waals surface area contributed by atoms with Crippen LogP contribution in [0.4, 0.5) is 0 Å². The number of aromatic nitrogens is 7. The normalized spacial score (nSPS) is 12.1. The Balaban J connectivity index is 0.958. The average Bonchev–Trinajstić information content (AvgIpc) is 3.98. The van der Waals surface area contributed by atoms with Crippen LogP contribution in [0, 0.1) is 0 Å². The van der Waals surface area contributed by atoms with E-state index in [0.717, 1.165) is 94.1 Å². The highest BCUT2D eigenvalue weighted by molar-refractivity contribution is 6.11. The zero-order chi connectivity index (χ0) is 46.2. The molecule has 68 heavy (non-hydrogen) atoms. The van der Waals surface area contributed by atoms with E-state index in [1.165, 1.54) is 11.1 Å². The Morgan fingerprint density at radius 2 is 0.691 bits per heavy atom. The van der Waals surface area contributed by atoms with Crippen molar-refractivity contribution in [3.63, 3.8) is 0 Å². The van der Waals surface area contributed by atoms with Gasteiger partial charge in [0.2, 0.25) is 5.95 Å². The molecule has 12 rings (SSSR count). The first-order chi connectivity index (χ1) is 33.2. The lowest BCUT2D eigenvalue weighted by Crippen LogP contribution is -2.02. The van der Waals surface area contributed by atoms with Gasteiger partial charge in [0, 0.05) is 81.4 Å². The molecule has 0 aliphatic heterocycles. The van der Waals surface area contributed by atoms with Crippen LogP contribution in [0.1, 0.15) is 76.0 Å². The number of pyridine rings is 2. The Morgan fingerprint density at radius 1 is 0.338 bits per heavy atom. The fraction of sp³-hybridized carbons (Fsp3) is 0.153. The van der Waals surface area contributed by atoms with Crippen molar-refractivity contribution in [1.82, 2.24) is 33.6 Å². The van der Waals surface area contributed by atoms with Crippen LogP contribution in [0.3, 0.4) is 0 Å². The summed E-state index contributed by atoms with van der Waals surface area (Å²) in [5.74, 6) is 6.18. The molecular weight excluding hydrogens is 839 g/mol. The maximum absolute atomic E-state index is 6.78. The lowest BCUT2D eigenvalue weighted by atomic mass is 10.1. The van der Waals surface area contributed by atoms with Gasteiger partial charge in [0.25, 0.3) is 0 Å². The van der Waals surface area contributed by atoms with Crippen LogP contribution >= 0.6 is 0 Å². The smallest absolute Gasteiger partial charge is 0.234 e. The van der Waals surface area contributed by atoms with Crippen LogP contribution in [0.2, 0.25) is 0 Å². The number of rotatable bonds is 10. The number of fused-ring (bicyclic) bond motifs is 9. The van der Waals surface area contributed by atoms with Gasteiger partial charge in [-0.2, -0.15) is 0 Å². The van der Waals surface area contributed by atoms with Crippen LogP contribution < -0.4 is 9.47 Å². The van der Waals surface area contributed by atoms with Crippen molar-refractivity contribution in [1.29, 1.82) is 0 Å². The number of hydrogen-bond donors (Lipinski definition) is 0. The standard InChI is InChI=1S/C59H49N7O2/c1-35(2)38-23-25-60-57(27-38)64-51-13-9-7-11-45(51)47-19-15-41(29-53(47)64)67-43-17-21-49-50-22-18-44(32-56(50)66(55(49)31-43)59-62-33-40(34-63-59)37(5)6)68-42-16-20-48-46-12-8-10-14-52(46)65(54(48)30-42)58-28-39(36(3)4)24-26-61-58/h7-37H,1-6H3. The Hall–Kier alpha value is -8.30. The molecule has 0 aliphatic rings. The van der Waals surface area contributed by atoms with Crippen LogP contribution in [0.5, 0.6) is 23.0 Å². The minimum Gasteiger partial charge on any atom is -0.457 e. The van der Waals surface area contributed by atoms with Gasteiger partial charge in [-0.3, -0.25) is 13.7 Å². The number of para-hydroxylation sites is 2. The second-order valence-corrected chi connectivity index (χ2v) is 18.6. The third-order valence-electron chi connectivity index (χ3n) is 13.3. The molecule has 0 amide bonds. The summed E-state index contributed by atoms with van der Waals surface area (Å²) < 4.78 is 20.1. The maximum atomic E-state index is 6.78. The van der Waals surface area contributed by atoms with Gasteiger partial charge in [-0.25, -0.2) is 19.9 Å². The summed E-state index contributed by atoms with van der Waals surface area (Å²) in [5, 5.41) is 6.69. The number of hydrogen-bond acceptors (Lipinski definition) is 6. The molecule has 9 heteroatoms. The van der Waals surface area contributed by atoms with Gasteiger partial charge < -0.3 is 9.47 Å². The molecule has 6 heterocycles. The number of benzene rings is 6. The molecule has 9 nitrogen and oxygen atoms in total. The third-order valence-corrected chi connectivity index (χ3v) is 13.3. The fourth-order valence-corrected chi connectivity index (χ4v) is 9.69. The lowest BCUT2D eigenvalue weighted by Gasteiger charge is -2.12. The van der Waals surface area contributed by atoms with Gasteiger partial charge >= 0.3 is 0 Å². The van der Waals surface area contributed by atoms with Gasteiger partial charge in [-0.05, 0) is 119 Å². The molecule has 12 aromatic rings. The monoisotopic (exact) mass is 887 g/mol. The fourth-order valence-electron chi connectivity index (χ4n) is 9.69. The molecule has 0 bridgehead atoms. The summed E-state index contributed by atoms with van der Waals surface area (Å²) in [6, 6.07) is 50.6. The highest BCUT2D eigenvalue weighted by Crippen LogP contribution is 2.41. The van der Waals surface area contributed by atoms with Gasteiger partial charge in [0.15, 0.2) is 0 Å². The predicted octanol–water partition coefficient (Wildman–Crippen LogP) is 15.5. The summed E-state index contributed by atoms with van der Waals surface area (Å²) in [4.78, 5) is 19.6. The van der Waals surface area contributed by atoms with Gasteiger partial charge in [-0.15, -0.1) is 0 Å². The van der Waals surface area contributed by atoms with Gasteiger partial charge in [0.05, 0.1) is 33.1 Å². The van der Waals surface area contributed by atoms with E-state index >= 15 is 0 Å². The van der Waals surface area contributed by atoms with Crippen LogP contribution in [-0.2, 0) is 0 Å². The second kappa shape index (κ2) is 16.2. The maximum Gasteiger partial charge on any atom is 0.234 e.